The predicted molar refractivity (Wildman–Crippen MR) is 71.0 cm³/mol. The fraction of sp³-hybridized carbons (Fsp3) is 0.333. The van der Waals surface area contributed by atoms with Crippen molar-refractivity contribution in [3.63, 3.8) is 0 Å². The molecule has 16 heavy (non-hydrogen) atoms. The molecule has 0 aromatic heterocycles. The predicted octanol–water partition coefficient (Wildman–Crippen LogP) is 4.03. The minimum absolute atomic E-state index is 0.647. The molecule has 1 aliphatic carbocycles. The lowest BCUT2D eigenvalue weighted by molar-refractivity contribution is 0.704. The van der Waals surface area contributed by atoms with Crippen LogP contribution in [0, 0.1) is 5.92 Å². The topological polar surface area (TPSA) is 26.0 Å². The second kappa shape index (κ2) is 4.17. The Morgan fingerprint density at radius 1 is 1.19 bits per heavy atom. The largest absolute Gasteiger partial charge is 0.398 e. The molecule has 0 radical (unpaired) electrons. The third-order valence-corrected chi connectivity index (χ3v) is 3.21. The van der Waals surface area contributed by atoms with Crippen LogP contribution in [-0.4, -0.2) is 0 Å². The zero-order valence-electron chi connectivity index (χ0n) is 10.2. The first-order valence-electron chi connectivity index (χ1n) is 5.83. The molecular weight excluding hydrogens is 194 g/mol. The highest BCUT2D eigenvalue weighted by Crippen LogP contribution is 2.37. The van der Waals surface area contributed by atoms with E-state index in [4.69, 9.17) is 5.73 Å². The number of anilines is 1. The van der Waals surface area contributed by atoms with Crippen LogP contribution in [0.4, 0.5) is 5.69 Å². The fourth-order valence-corrected chi connectivity index (χ4v) is 2.66. The quantitative estimate of drug-likeness (QED) is 0.700. The summed E-state index contributed by atoms with van der Waals surface area (Å²) in [5, 5.41) is 0. The van der Waals surface area contributed by atoms with Crippen molar-refractivity contribution >= 4 is 11.3 Å². The van der Waals surface area contributed by atoms with Crippen molar-refractivity contribution < 1.29 is 0 Å². The normalized spacial score (nSPS) is 20.9. The Labute approximate surface area is 97.7 Å². The Balaban J connectivity index is 2.53. The molecule has 1 aromatic rings. The summed E-state index contributed by atoms with van der Waals surface area (Å²) in [6.45, 7) is 6.66. The standard InChI is InChI=1S/C15H19N/c1-10-8-11(2)15(12(3)9-10)13-6-4-5-7-14(13)16/h4-8,10H,9,16H2,1-3H3. The summed E-state index contributed by atoms with van der Waals surface area (Å²) >= 11 is 0. The Hall–Kier alpha value is -1.50. The van der Waals surface area contributed by atoms with Gasteiger partial charge in [0.25, 0.3) is 0 Å². The molecule has 84 valence electrons. The summed E-state index contributed by atoms with van der Waals surface area (Å²) in [7, 11) is 0. The van der Waals surface area contributed by atoms with Gasteiger partial charge in [-0.05, 0) is 43.4 Å². The molecule has 1 unspecified atom stereocenters. The SMILES string of the molecule is CC1=CC(C)CC(C)=C1c1ccccc1N. The van der Waals surface area contributed by atoms with Gasteiger partial charge in [0, 0.05) is 11.3 Å². The third kappa shape index (κ3) is 1.90. The molecule has 2 rings (SSSR count). The maximum absolute atomic E-state index is 6.05. The first kappa shape index (κ1) is 11.0. The van der Waals surface area contributed by atoms with E-state index in [1.165, 1.54) is 22.3 Å². The van der Waals surface area contributed by atoms with Crippen molar-refractivity contribution in [2.45, 2.75) is 27.2 Å². The maximum Gasteiger partial charge on any atom is 0.0393 e. The van der Waals surface area contributed by atoms with Gasteiger partial charge >= 0.3 is 0 Å². The molecule has 1 aliphatic rings. The number of benzene rings is 1. The van der Waals surface area contributed by atoms with Crippen molar-refractivity contribution in [2.75, 3.05) is 5.73 Å². The number of rotatable bonds is 1. The molecule has 0 bridgehead atoms. The minimum Gasteiger partial charge on any atom is -0.398 e. The van der Waals surface area contributed by atoms with E-state index >= 15 is 0 Å². The number of allylic oxidation sites excluding steroid dienone is 4. The highest BCUT2D eigenvalue weighted by Gasteiger charge is 2.17. The lowest BCUT2D eigenvalue weighted by Gasteiger charge is -2.22. The van der Waals surface area contributed by atoms with Crippen LogP contribution >= 0.6 is 0 Å². The van der Waals surface area contributed by atoms with Gasteiger partial charge in [-0.3, -0.25) is 0 Å². The molecule has 0 saturated carbocycles. The number of nitrogen functional groups attached to an aromatic ring is 1. The maximum atomic E-state index is 6.05. The van der Waals surface area contributed by atoms with Crippen LogP contribution in [0.3, 0.4) is 0 Å². The van der Waals surface area contributed by atoms with Gasteiger partial charge in [0.15, 0.2) is 0 Å². The Kier molecular flexibility index (Phi) is 2.86. The van der Waals surface area contributed by atoms with Gasteiger partial charge in [-0.15, -0.1) is 0 Å². The molecule has 0 aliphatic heterocycles. The molecule has 0 fully saturated rings. The van der Waals surface area contributed by atoms with E-state index in [0.717, 1.165) is 12.1 Å². The van der Waals surface area contributed by atoms with Crippen molar-refractivity contribution in [3.05, 3.63) is 47.1 Å². The minimum atomic E-state index is 0.647. The number of hydrogen-bond donors (Lipinski definition) is 1. The molecule has 1 nitrogen and oxygen atoms in total. The van der Waals surface area contributed by atoms with E-state index in [2.05, 4.69) is 39.0 Å². The number of hydrogen-bond acceptors (Lipinski definition) is 1. The van der Waals surface area contributed by atoms with Gasteiger partial charge < -0.3 is 5.73 Å². The van der Waals surface area contributed by atoms with E-state index in [0.29, 0.717) is 5.92 Å². The molecule has 2 N–H and O–H groups in total. The van der Waals surface area contributed by atoms with Gasteiger partial charge in [0.1, 0.15) is 0 Å². The second-order valence-corrected chi connectivity index (χ2v) is 4.77. The van der Waals surface area contributed by atoms with Crippen LogP contribution in [0.5, 0.6) is 0 Å². The Morgan fingerprint density at radius 3 is 2.50 bits per heavy atom. The lowest BCUT2D eigenvalue weighted by atomic mass is 9.83. The summed E-state index contributed by atoms with van der Waals surface area (Å²) in [5.74, 6) is 0.647. The summed E-state index contributed by atoms with van der Waals surface area (Å²) in [6, 6.07) is 8.12. The smallest absolute Gasteiger partial charge is 0.0393 e. The first-order chi connectivity index (χ1) is 7.59. The van der Waals surface area contributed by atoms with Crippen molar-refractivity contribution in [2.24, 2.45) is 5.92 Å². The van der Waals surface area contributed by atoms with Gasteiger partial charge in [-0.25, -0.2) is 0 Å². The van der Waals surface area contributed by atoms with Crippen LogP contribution < -0.4 is 5.73 Å². The van der Waals surface area contributed by atoms with E-state index in [1.54, 1.807) is 0 Å². The average Bonchev–Trinajstić information content (AvgIpc) is 2.19. The molecule has 0 heterocycles. The highest BCUT2D eigenvalue weighted by atomic mass is 14.6. The van der Waals surface area contributed by atoms with E-state index in [-0.39, 0.29) is 0 Å². The average molecular weight is 213 g/mol. The monoisotopic (exact) mass is 213 g/mol. The van der Waals surface area contributed by atoms with Crippen LogP contribution in [0.25, 0.3) is 5.57 Å². The zero-order chi connectivity index (χ0) is 11.7. The highest BCUT2D eigenvalue weighted by molar-refractivity contribution is 5.86. The van der Waals surface area contributed by atoms with E-state index in [9.17, 15) is 0 Å². The lowest BCUT2D eigenvalue weighted by Crippen LogP contribution is -2.05. The zero-order valence-corrected chi connectivity index (χ0v) is 10.2. The molecule has 1 aromatic carbocycles. The van der Waals surface area contributed by atoms with Gasteiger partial charge in [0.05, 0.1) is 0 Å². The van der Waals surface area contributed by atoms with Crippen molar-refractivity contribution in [1.29, 1.82) is 0 Å². The fourth-order valence-electron chi connectivity index (χ4n) is 2.66. The van der Waals surface area contributed by atoms with Crippen LogP contribution in [-0.2, 0) is 0 Å². The molecule has 0 saturated heterocycles. The van der Waals surface area contributed by atoms with Crippen molar-refractivity contribution in [3.8, 4) is 0 Å². The Bertz CT molecular complexity index is 466. The second-order valence-electron chi connectivity index (χ2n) is 4.77. The molecular formula is C15H19N. The van der Waals surface area contributed by atoms with Gasteiger partial charge in [-0.1, -0.05) is 36.8 Å². The summed E-state index contributed by atoms with van der Waals surface area (Å²) < 4.78 is 0. The molecule has 0 amide bonds. The molecule has 0 spiro atoms. The summed E-state index contributed by atoms with van der Waals surface area (Å²) in [5.41, 5.74) is 12.3. The number of nitrogens with two attached hydrogens (primary N) is 1. The van der Waals surface area contributed by atoms with Crippen molar-refractivity contribution in [1.82, 2.24) is 0 Å². The summed E-state index contributed by atoms with van der Waals surface area (Å²) in [6.07, 6.45) is 3.48. The van der Waals surface area contributed by atoms with E-state index < -0.39 is 0 Å². The Morgan fingerprint density at radius 2 is 1.88 bits per heavy atom. The van der Waals surface area contributed by atoms with Crippen LogP contribution in [0.15, 0.2) is 41.5 Å². The van der Waals surface area contributed by atoms with Gasteiger partial charge in [-0.2, -0.15) is 0 Å². The van der Waals surface area contributed by atoms with E-state index in [1.807, 2.05) is 12.1 Å². The molecule has 1 atom stereocenters. The van der Waals surface area contributed by atoms with Crippen LogP contribution in [0.2, 0.25) is 0 Å². The van der Waals surface area contributed by atoms with Gasteiger partial charge in [0.2, 0.25) is 0 Å². The molecule has 1 heteroatoms. The third-order valence-electron chi connectivity index (χ3n) is 3.21. The number of para-hydroxylation sites is 1. The first-order valence-corrected chi connectivity index (χ1v) is 5.83. The summed E-state index contributed by atoms with van der Waals surface area (Å²) in [4.78, 5) is 0. The van der Waals surface area contributed by atoms with Crippen LogP contribution in [0.1, 0.15) is 32.8 Å².